The van der Waals surface area contributed by atoms with Gasteiger partial charge in [-0.1, -0.05) is 36.4 Å². The molecule has 3 rings (SSSR count). The zero-order chi connectivity index (χ0) is 17.1. The molecule has 6 heteroatoms. The molecule has 0 aliphatic carbocycles. The van der Waals surface area contributed by atoms with Crippen molar-refractivity contribution in [2.24, 2.45) is 0 Å². The molecule has 0 unspecified atom stereocenters. The number of rotatable bonds is 4. The van der Waals surface area contributed by atoms with Crippen molar-refractivity contribution in [3.8, 4) is 11.6 Å². The maximum atomic E-state index is 12.6. The molecule has 0 spiro atoms. The number of carbonyl (C=O) groups is 1. The van der Waals surface area contributed by atoms with Gasteiger partial charge < -0.3 is 14.5 Å². The summed E-state index contributed by atoms with van der Waals surface area (Å²) in [6.45, 7) is 1.98. The van der Waals surface area contributed by atoms with Crippen LogP contribution in [0, 0.1) is 6.92 Å². The van der Waals surface area contributed by atoms with E-state index in [-0.39, 0.29) is 12.5 Å². The van der Waals surface area contributed by atoms with Crippen LogP contribution in [0.15, 0.2) is 59.1 Å². The van der Waals surface area contributed by atoms with E-state index in [0.717, 1.165) is 5.56 Å². The van der Waals surface area contributed by atoms with Gasteiger partial charge in [0.25, 0.3) is 11.6 Å². The number of hydrogen-bond donors (Lipinski definition) is 0. The lowest BCUT2D eigenvalue weighted by Gasteiger charge is -2.16. The smallest absolute Gasteiger partial charge is 0.259 e. The van der Waals surface area contributed by atoms with Gasteiger partial charge in [-0.05, 0) is 23.2 Å². The topological polar surface area (TPSA) is 73.3 Å². The number of carbonyl (C=O) groups excluding carboxylic acids is 1. The fourth-order valence-electron chi connectivity index (χ4n) is 2.48. The summed E-state index contributed by atoms with van der Waals surface area (Å²) in [5, 5.41) is 15.8. The van der Waals surface area contributed by atoms with Crippen LogP contribution in [-0.4, -0.2) is 23.1 Å². The molecule has 6 nitrogen and oxygen atoms in total. The summed E-state index contributed by atoms with van der Waals surface area (Å²) in [7, 11) is 1.65. The lowest BCUT2D eigenvalue weighted by Crippen LogP contribution is -2.40. The minimum absolute atomic E-state index is 0.102. The normalized spacial score (nSPS) is 10.6. The molecule has 1 aromatic heterocycles. The Morgan fingerprint density at radius 2 is 1.83 bits per heavy atom. The van der Waals surface area contributed by atoms with E-state index < -0.39 is 5.95 Å². The van der Waals surface area contributed by atoms with Gasteiger partial charge in [0, 0.05) is 24.7 Å². The highest BCUT2D eigenvalue weighted by molar-refractivity contribution is 5.95. The molecule has 0 atom stereocenters. The van der Waals surface area contributed by atoms with Gasteiger partial charge in [0.15, 0.2) is 5.95 Å². The molecule has 0 radical (unpaired) electrons. The van der Waals surface area contributed by atoms with Crippen molar-refractivity contribution >= 4 is 5.91 Å². The third-order valence-electron chi connectivity index (χ3n) is 3.81. The number of para-hydroxylation sites is 1. The first kappa shape index (κ1) is 15.7. The van der Waals surface area contributed by atoms with Crippen LogP contribution in [0.1, 0.15) is 21.6 Å². The average molecular weight is 323 g/mol. The third-order valence-corrected chi connectivity index (χ3v) is 3.81. The first-order chi connectivity index (χ1) is 11.6. The lowest BCUT2D eigenvalue weighted by molar-refractivity contribution is -0.678. The summed E-state index contributed by atoms with van der Waals surface area (Å²) in [6.07, 6.45) is 0. The summed E-state index contributed by atoms with van der Waals surface area (Å²) in [4.78, 5) is 14.1. The number of hydrogen-bond acceptors (Lipinski definition) is 4. The molecule has 1 amide bonds. The fourth-order valence-corrected chi connectivity index (χ4v) is 2.48. The van der Waals surface area contributed by atoms with E-state index >= 15 is 0 Å². The number of benzene rings is 2. The first-order valence-electron chi connectivity index (χ1n) is 7.52. The highest BCUT2D eigenvalue weighted by Crippen LogP contribution is 2.15. The first-order valence-corrected chi connectivity index (χ1v) is 7.52. The Balaban J connectivity index is 1.88. The third kappa shape index (κ3) is 2.99. The zero-order valence-electron chi connectivity index (χ0n) is 13.5. The number of aromatic nitrogens is 2. The highest BCUT2D eigenvalue weighted by atomic mass is 16.6. The number of amides is 1. The second-order valence-electron chi connectivity index (χ2n) is 5.53. The fraction of sp³-hybridized carbons (Fsp3) is 0.167. The Hall–Kier alpha value is -3.15. The van der Waals surface area contributed by atoms with Crippen molar-refractivity contribution in [1.82, 2.24) is 10.2 Å². The van der Waals surface area contributed by atoms with Crippen molar-refractivity contribution in [2.75, 3.05) is 7.05 Å². The molecule has 0 saturated heterocycles. The molecule has 0 saturated carbocycles. The van der Waals surface area contributed by atoms with Crippen molar-refractivity contribution < 1.29 is 19.1 Å². The van der Waals surface area contributed by atoms with Gasteiger partial charge in [0.05, 0.1) is 5.27 Å². The van der Waals surface area contributed by atoms with Crippen LogP contribution >= 0.6 is 0 Å². The molecule has 24 heavy (non-hydrogen) atoms. The SMILES string of the molecule is Cc1ccccc1C(=O)N(C)Cc1c([O-])on[n+]1-c1ccccc1. The molecular weight excluding hydrogens is 306 g/mol. The lowest BCUT2D eigenvalue weighted by atomic mass is 10.1. The Morgan fingerprint density at radius 1 is 1.17 bits per heavy atom. The van der Waals surface area contributed by atoms with Crippen molar-refractivity contribution in [3.05, 3.63) is 71.4 Å². The van der Waals surface area contributed by atoms with Gasteiger partial charge in [-0.3, -0.25) is 4.79 Å². The highest BCUT2D eigenvalue weighted by Gasteiger charge is 2.24. The van der Waals surface area contributed by atoms with Crippen LogP contribution in [0.25, 0.3) is 5.69 Å². The molecule has 0 fully saturated rings. The van der Waals surface area contributed by atoms with Crippen molar-refractivity contribution in [2.45, 2.75) is 13.5 Å². The second kappa shape index (κ2) is 6.54. The maximum absolute atomic E-state index is 12.6. The van der Waals surface area contributed by atoms with Crippen LogP contribution in [0.2, 0.25) is 0 Å². The van der Waals surface area contributed by atoms with E-state index in [4.69, 9.17) is 4.52 Å². The van der Waals surface area contributed by atoms with Crippen LogP contribution in [0.5, 0.6) is 5.95 Å². The largest absolute Gasteiger partial charge is 0.539 e. The maximum Gasteiger partial charge on any atom is 0.259 e. The number of aryl methyl sites for hydroxylation is 1. The molecule has 2 aromatic carbocycles. The zero-order valence-corrected chi connectivity index (χ0v) is 13.5. The minimum Gasteiger partial charge on any atom is -0.539 e. The summed E-state index contributed by atoms with van der Waals surface area (Å²) >= 11 is 0. The van der Waals surface area contributed by atoms with Gasteiger partial charge >= 0.3 is 0 Å². The Bertz CT molecular complexity index is 859. The van der Waals surface area contributed by atoms with Gasteiger partial charge in [0.1, 0.15) is 6.54 Å². The molecule has 0 bridgehead atoms. The Morgan fingerprint density at radius 3 is 2.54 bits per heavy atom. The summed E-state index contributed by atoms with van der Waals surface area (Å²) < 4.78 is 6.20. The van der Waals surface area contributed by atoms with Crippen LogP contribution in [0.4, 0.5) is 0 Å². The monoisotopic (exact) mass is 323 g/mol. The quantitative estimate of drug-likeness (QED) is 0.684. The van der Waals surface area contributed by atoms with E-state index in [2.05, 4.69) is 5.27 Å². The average Bonchev–Trinajstić information content (AvgIpc) is 2.96. The van der Waals surface area contributed by atoms with Crippen molar-refractivity contribution in [3.63, 3.8) is 0 Å². The van der Waals surface area contributed by atoms with Gasteiger partial charge in [-0.15, -0.1) is 0 Å². The van der Waals surface area contributed by atoms with Gasteiger partial charge in [-0.2, -0.15) is 0 Å². The second-order valence-corrected chi connectivity index (χ2v) is 5.53. The summed E-state index contributed by atoms with van der Waals surface area (Å²) in [6, 6.07) is 16.5. The molecule has 0 aliphatic rings. The van der Waals surface area contributed by atoms with Crippen molar-refractivity contribution in [1.29, 1.82) is 0 Å². The van der Waals surface area contributed by atoms with Gasteiger partial charge in [-0.25, -0.2) is 0 Å². The summed E-state index contributed by atoms with van der Waals surface area (Å²) in [5.74, 6) is -0.711. The standard InChI is InChI=1S/C18H17N3O3/c1-13-8-6-7-11-15(13)17(22)20(2)12-16-18(23)24-19-21(16)14-9-4-3-5-10-14/h3-11H,12H2,1-2H3. The molecule has 0 N–H and O–H groups in total. The van der Waals surface area contributed by atoms with Crippen LogP contribution < -0.4 is 9.79 Å². The Labute approximate surface area is 139 Å². The van der Waals surface area contributed by atoms with E-state index in [1.54, 1.807) is 13.1 Å². The summed E-state index contributed by atoms with van der Waals surface area (Å²) in [5.41, 5.74) is 2.49. The molecular formula is C18H17N3O3. The van der Waals surface area contributed by atoms with Crippen LogP contribution in [-0.2, 0) is 6.54 Å². The van der Waals surface area contributed by atoms with Gasteiger partial charge in [0.2, 0.25) is 5.69 Å². The molecule has 122 valence electrons. The van der Waals surface area contributed by atoms with E-state index in [9.17, 15) is 9.90 Å². The number of nitrogens with zero attached hydrogens (tertiary/aromatic N) is 3. The van der Waals surface area contributed by atoms with E-state index in [1.165, 1.54) is 9.58 Å². The predicted molar refractivity (Wildman–Crippen MR) is 84.5 cm³/mol. The Kier molecular flexibility index (Phi) is 4.29. The van der Waals surface area contributed by atoms with E-state index in [1.807, 2.05) is 55.5 Å². The van der Waals surface area contributed by atoms with E-state index in [0.29, 0.717) is 16.9 Å². The molecule has 1 heterocycles. The predicted octanol–water partition coefficient (Wildman–Crippen LogP) is 1.61. The minimum atomic E-state index is -0.553. The molecule has 3 aromatic rings. The van der Waals surface area contributed by atoms with Crippen LogP contribution in [0.3, 0.4) is 0 Å². The molecule has 0 aliphatic heterocycles.